The molecule has 0 bridgehead atoms. The number of rotatable bonds is 2. The third kappa shape index (κ3) is 2.25. The Labute approximate surface area is 110 Å². The zero-order chi connectivity index (χ0) is 13.2. The van der Waals surface area contributed by atoms with Crippen LogP contribution in [-0.4, -0.2) is 14.8 Å². The molecule has 0 aliphatic heterocycles. The van der Waals surface area contributed by atoms with Gasteiger partial charge in [-0.1, -0.05) is 12.1 Å². The lowest BCUT2D eigenvalue weighted by Gasteiger charge is -2.00. The highest BCUT2D eigenvalue weighted by molar-refractivity contribution is 5.62. The fourth-order valence-electron chi connectivity index (χ4n) is 2.01. The van der Waals surface area contributed by atoms with Crippen molar-refractivity contribution >= 4 is 0 Å². The highest BCUT2D eigenvalue weighted by atomic mass is 19.1. The quantitative estimate of drug-likeness (QED) is 0.701. The van der Waals surface area contributed by atoms with E-state index in [1.165, 1.54) is 12.1 Å². The number of hydrogen-bond donors (Lipinski definition) is 0. The first-order valence-electron chi connectivity index (χ1n) is 5.96. The van der Waals surface area contributed by atoms with Crippen molar-refractivity contribution in [3.63, 3.8) is 0 Å². The average molecular weight is 253 g/mol. The van der Waals surface area contributed by atoms with Crippen LogP contribution in [0.4, 0.5) is 4.39 Å². The molecule has 0 spiro atoms. The Hall–Kier alpha value is -2.49. The molecule has 2 aromatic heterocycles. The first-order valence-corrected chi connectivity index (χ1v) is 5.96. The first kappa shape index (κ1) is 11.6. The molecule has 94 valence electrons. The molecule has 0 saturated heterocycles. The maximum absolute atomic E-state index is 13.3. The van der Waals surface area contributed by atoms with E-state index in [1.807, 2.05) is 31.3 Å². The van der Waals surface area contributed by atoms with Crippen LogP contribution in [0.25, 0.3) is 16.9 Å². The van der Waals surface area contributed by atoms with Crippen LogP contribution in [0.15, 0.2) is 55.0 Å². The number of halogens is 1. The lowest BCUT2D eigenvalue weighted by molar-refractivity contribution is 0.628. The van der Waals surface area contributed by atoms with Crippen molar-refractivity contribution in [2.45, 2.75) is 6.92 Å². The molecule has 0 unspecified atom stereocenters. The zero-order valence-corrected chi connectivity index (χ0v) is 10.4. The van der Waals surface area contributed by atoms with Crippen LogP contribution in [0.2, 0.25) is 0 Å². The van der Waals surface area contributed by atoms with Gasteiger partial charge < -0.3 is 0 Å². The second-order valence-electron chi connectivity index (χ2n) is 4.32. The predicted octanol–water partition coefficient (Wildman–Crippen LogP) is 3.38. The average Bonchev–Trinajstić information content (AvgIpc) is 2.82. The fraction of sp³-hybridized carbons (Fsp3) is 0.0667. The Kier molecular flexibility index (Phi) is 2.83. The van der Waals surface area contributed by atoms with Gasteiger partial charge in [0.1, 0.15) is 5.82 Å². The summed E-state index contributed by atoms with van der Waals surface area (Å²) in [6, 6.07) is 10.2. The largest absolute Gasteiger partial charge is 0.265 e. The van der Waals surface area contributed by atoms with Gasteiger partial charge in [-0.15, -0.1) is 0 Å². The molecule has 3 aromatic rings. The Morgan fingerprint density at radius 1 is 1.11 bits per heavy atom. The smallest absolute Gasteiger partial charge is 0.123 e. The molecule has 4 heteroatoms. The van der Waals surface area contributed by atoms with Gasteiger partial charge in [-0.3, -0.25) is 4.98 Å². The highest BCUT2D eigenvalue weighted by Gasteiger charge is 2.09. The Morgan fingerprint density at radius 3 is 2.63 bits per heavy atom. The molecule has 0 fully saturated rings. The second kappa shape index (κ2) is 4.65. The summed E-state index contributed by atoms with van der Waals surface area (Å²) in [6.07, 6.45) is 5.36. The molecule has 0 N–H and O–H groups in total. The number of pyridine rings is 1. The summed E-state index contributed by atoms with van der Waals surface area (Å²) in [5.41, 5.74) is 3.50. The molecular formula is C15H12FN3. The SMILES string of the molecule is Cc1cn(-c2ccncc2)nc1-c1cccc(F)c1. The van der Waals surface area contributed by atoms with Gasteiger partial charge in [0.05, 0.1) is 11.4 Å². The van der Waals surface area contributed by atoms with Crippen LogP contribution < -0.4 is 0 Å². The fourth-order valence-corrected chi connectivity index (χ4v) is 2.01. The molecule has 0 amide bonds. The van der Waals surface area contributed by atoms with E-state index in [9.17, 15) is 4.39 Å². The summed E-state index contributed by atoms with van der Waals surface area (Å²) < 4.78 is 15.0. The lowest BCUT2D eigenvalue weighted by atomic mass is 10.1. The maximum atomic E-state index is 13.3. The van der Waals surface area contributed by atoms with E-state index in [-0.39, 0.29) is 5.82 Å². The molecule has 19 heavy (non-hydrogen) atoms. The van der Waals surface area contributed by atoms with Crippen LogP contribution in [0, 0.1) is 12.7 Å². The van der Waals surface area contributed by atoms with Crippen LogP contribution in [-0.2, 0) is 0 Å². The second-order valence-corrected chi connectivity index (χ2v) is 4.32. The van der Waals surface area contributed by atoms with Gasteiger partial charge >= 0.3 is 0 Å². The minimum absolute atomic E-state index is 0.254. The van der Waals surface area contributed by atoms with E-state index in [2.05, 4.69) is 10.1 Å². The van der Waals surface area contributed by atoms with Crippen molar-refractivity contribution in [3.8, 4) is 16.9 Å². The van der Waals surface area contributed by atoms with Gasteiger partial charge in [0, 0.05) is 24.2 Å². The molecule has 0 aliphatic rings. The van der Waals surface area contributed by atoms with Gasteiger partial charge in [0.25, 0.3) is 0 Å². The summed E-state index contributed by atoms with van der Waals surface area (Å²) in [6.45, 7) is 1.96. The van der Waals surface area contributed by atoms with Crippen molar-refractivity contribution in [3.05, 3.63) is 66.4 Å². The predicted molar refractivity (Wildman–Crippen MR) is 71.5 cm³/mol. The first-order chi connectivity index (χ1) is 9.24. The summed E-state index contributed by atoms with van der Waals surface area (Å²) in [7, 11) is 0. The molecule has 3 nitrogen and oxygen atoms in total. The zero-order valence-electron chi connectivity index (χ0n) is 10.4. The third-order valence-corrected chi connectivity index (χ3v) is 2.92. The van der Waals surface area contributed by atoms with Gasteiger partial charge in [-0.25, -0.2) is 9.07 Å². The van der Waals surface area contributed by atoms with E-state index >= 15 is 0 Å². The van der Waals surface area contributed by atoms with Crippen molar-refractivity contribution in [1.29, 1.82) is 0 Å². The van der Waals surface area contributed by atoms with E-state index in [1.54, 1.807) is 23.1 Å². The van der Waals surface area contributed by atoms with Gasteiger partial charge in [-0.05, 0) is 36.8 Å². The summed E-state index contributed by atoms with van der Waals surface area (Å²) >= 11 is 0. The minimum Gasteiger partial charge on any atom is -0.265 e. The Morgan fingerprint density at radius 2 is 1.89 bits per heavy atom. The highest BCUT2D eigenvalue weighted by Crippen LogP contribution is 2.23. The normalized spacial score (nSPS) is 10.6. The number of benzene rings is 1. The number of aromatic nitrogens is 3. The minimum atomic E-state index is -0.254. The Balaban J connectivity index is 2.08. The van der Waals surface area contributed by atoms with Crippen LogP contribution in [0.1, 0.15) is 5.56 Å². The Bertz CT molecular complexity index is 704. The van der Waals surface area contributed by atoms with Crippen molar-refractivity contribution in [1.82, 2.24) is 14.8 Å². The van der Waals surface area contributed by atoms with Crippen LogP contribution in [0.5, 0.6) is 0 Å². The van der Waals surface area contributed by atoms with E-state index < -0.39 is 0 Å². The van der Waals surface area contributed by atoms with E-state index in [0.29, 0.717) is 0 Å². The molecule has 3 rings (SSSR count). The molecule has 0 saturated carbocycles. The molecule has 0 radical (unpaired) electrons. The standard InChI is InChI=1S/C15H12FN3/c1-11-10-19(14-5-7-17-8-6-14)18-15(11)12-3-2-4-13(16)9-12/h2-10H,1H3. The maximum Gasteiger partial charge on any atom is 0.123 e. The number of aryl methyl sites for hydroxylation is 1. The van der Waals surface area contributed by atoms with E-state index in [4.69, 9.17) is 0 Å². The summed E-state index contributed by atoms with van der Waals surface area (Å²) in [5, 5.41) is 4.51. The lowest BCUT2D eigenvalue weighted by Crippen LogP contribution is -1.94. The summed E-state index contributed by atoms with van der Waals surface area (Å²) in [5.74, 6) is -0.254. The van der Waals surface area contributed by atoms with Gasteiger partial charge in [0.15, 0.2) is 0 Å². The molecule has 2 heterocycles. The van der Waals surface area contributed by atoms with Crippen molar-refractivity contribution in [2.75, 3.05) is 0 Å². The van der Waals surface area contributed by atoms with Gasteiger partial charge in [0.2, 0.25) is 0 Å². The summed E-state index contributed by atoms with van der Waals surface area (Å²) in [4.78, 5) is 3.98. The van der Waals surface area contributed by atoms with E-state index in [0.717, 1.165) is 22.5 Å². The number of hydrogen-bond acceptors (Lipinski definition) is 2. The monoisotopic (exact) mass is 253 g/mol. The van der Waals surface area contributed by atoms with Crippen molar-refractivity contribution < 1.29 is 4.39 Å². The third-order valence-electron chi connectivity index (χ3n) is 2.92. The number of nitrogens with zero attached hydrogens (tertiary/aromatic N) is 3. The molecule has 0 atom stereocenters. The molecule has 1 aromatic carbocycles. The topological polar surface area (TPSA) is 30.7 Å². The van der Waals surface area contributed by atoms with Gasteiger partial charge in [-0.2, -0.15) is 5.10 Å². The molecular weight excluding hydrogens is 241 g/mol. The molecule has 0 aliphatic carbocycles. The van der Waals surface area contributed by atoms with Crippen LogP contribution in [0.3, 0.4) is 0 Å². The van der Waals surface area contributed by atoms with Crippen molar-refractivity contribution in [2.24, 2.45) is 0 Å². The van der Waals surface area contributed by atoms with Crippen LogP contribution >= 0.6 is 0 Å².